The zero-order valence-electron chi connectivity index (χ0n) is 12.2. The van der Waals surface area contributed by atoms with E-state index in [-0.39, 0.29) is 5.91 Å². The molecule has 6 nitrogen and oxygen atoms in total. The van der Waals surface area contributed by atoms with Crippen LogP contribution in [0.25, 0.3) is 0 Å². The summed E-state index contributed by atoms with van der Waals surface area (Å²) in [7, 11) is 0. The van der Waals surface area contributed by atoms with Gasteiger partial charge in [-0.05, 0) is 18.9 Å². The van der Waals surface area contributed by atoms with Crippen LogP contribution >= 0.6 is 0 Å². The third-order valence-corrected chi connectivity index (χ3v) is 3.12. The molecule has 1 fully saturated rings. The van der Waals surface area contributed by atoms with Crippen LogP contribution in [-0.4, -0.2) is 42.1 Å². The molecule has 0 spiro atoms. The fraction of sp³-hybridized carbons (Fsp3) is 0.643. The van der Waals surface area contributed by atoms with Gasteiger partial charge >= 0.3 is 0 Å². The summed E-state index contributed by atoms with van der Waals surface area (Å²) in [5.41, 5.74) is 1.06. The minimum Gasteiger partial charge on any atom is -0.354 e. The molecule has 0 radical (unpaired) electrons. The predicted molar refractivity (Wildman–Crippen MR) is 78.4 cm³/mol. The number of hydrogen-bond donors (Lipinski definition) is 2. The molecule has 0 bridgehead atoms. The summed E-state index contributed by atoms with van der Waals surface area (Å²) < 4.78 is 0. The van der Waals surface area contributed by atoms with Gasteiger partial charge in [-0.3, -0.25) is 4.79 Å². The van der Waals surface area contributed by atoms with E-state index >= 15 is 0 Å². The Morgan fingerprint density at radius 2 is 2.15 bits per heavy atom. The highest BCUT2D eigenvalue weighted by atomic mass is 16.2. The van der Waals surface area contributed by atoms with Crippen molar-refractivity contribution >= 4 is 11.9 Å². The highest BCUT2D eigenvalue weighted by Gasteiger charge is 2.16. The van der Waals surface area contributed by atoms with E-state index in [1.54, 1.807) is 0 Å². The van der Waals surface area contributed by atoms with E-state index in [0.29, 0.717) is 18.4 Å². The first-order chi connectivity index (χ1) is 9.65. The van der Waals surface area contributed by atoms with Gasteiger partial charge in [-0.2, -0.15) is 0 Å². The van der Waals surface area contributed by atoms with Crippen LogP contribution in [0.3, 0.4) is 0 Å². The Balaban J connectivity index is 1.91. The highest BCUT2D eigenvalue weighted by molar-refractivity contribution is 5.81. The van der Waals surface area contributed by atoms with E-state index in [2.05, 4.69) is 34.4 Å². The van der Waals surface area contributed by atoms with Gasteiger partial charge in [-0.15, -0.1) is 0 Å². The van der Waals surface area contributed by atoms with Crippen molar-refractivity contribution in [1.29, 1.82) is 0 Å². The summed E-state index contributed by atoms with van der Waals surface area (Å²) in [6.07, 6.45) is 4.59. The average molecular weight is 277 g/mol. The van der Waals surface area contributed by atoms with Gasteiger partial charge in [0.2, 0.25) is 11.9 Å². The zero-order valence-corrected chi connectivity index (χ0v) is 12.2. The maximum Gasteiger partial charge on any atom is 0.239 e. The van der Waals surface area contributed by atoms with Crippen LogP contribution < -0.4 is 15.5 Å². The van der Waals surface area contributed by atoms with E-state index in [1.165, 1.54) is 0 Å². The molecular weight excluding hydrogens is 254 g/mol. The van der Waals surface area contributed by atoms with Crippen LogP contribution in [0.2, 0.25) is 0 Å². The molecule has 1 aromatic heterocycles. The van der Waals surface area contributed by atoms with Gasteiger partial charge in [-0.1, -0.05) is 13.8 Å². The molecule has 0 aliphatic carbocycles. The number of amides is 1. The summed E-state index contributed by atoms with van der Waals surface area (Å²) in [6.45, 7) is 7.99. The second-order valence-electron chi connectivity index (χ2n) is 5.54. The van der Waals surface area contributed by atoms with Crippen LogP contribution in [0.4, 0.5) is 5.95 Å². The smallest absolute Gasteiger partial charge is 0.239 e. The first kappa shape index (κ1) is 14.7. The lowest BCUT2D eigenvalue weighted by molar-refractivity contribution is -0.119. The summed E-state index contributed by atoms with van der Waals surface area (Å²) in [5.74, 6) is 1.30. The molecule has 1 aliphatic heterocycles. The molecule has 1 aliphatic rings. The van der Waals surface area contributed by atoms with Gasteiger partial charge in [0.05, 0.1) is 6.54 Å². The Bertz CT molecular complexity index is 432. The maximum absolute atomic E-state index is 11.5. The molecule has 1 amide bonds. The number of carbonyl (C=O) groups is 1. The molecule has 0 atom stereocenters. The molecule has 110 valence electrons. The first-order valence-corrected chi connectivity index (χ1v) is 7.18. The standard InChI is InChI=1S/C14H23N5O/c1-11(2)6-15-7-12-8-17-14(18-9-12)19-5-3-4-16-13(20)10-19/h8-9,11,15H,3-7,10H2,1-2H3,(H,16,20). The van der Waals surface area contributed by atoms with Crippen LogP contribution in [0, 0.1) is 5.92 Å². The summed E-state index contributed by atoms with van der Waals surface area (Å²) in [4.78, 5) is 22.2. The third kappa shape index (κ3) is 4.45. The van der Waals surface area contributed by atoms with E-state index < -0.39 is 0 Å². The van der Waals surface area contributed by atoms with Crippen molar-refractivity contribution in [2.45, 2.75) is 26.8 Å². The molecule has 6 heteroatoms. The third-order valence-electron chi connectivity index (χ3n) is 3.12. The lowest BCUT2D eigenvalue weighted by Gasteiger charge is -2.18. The number of hydrogen-bond acceptors (Lipinski definition) is 5. The van der Waals surface area contributed by atoms with Crippen molar-refractivity contribution in [3.05, 3.63) is 18.0 Å². The fourth-order valence-electron chi connectivity index (χ4n) is 2.08. The Labute approximate surface area is 120 Å². The van der Waals surface area contributed by atoms with Crippen molar-refractivity contribution in [2.75, 3.05) is 31.1 Å². The van der Waals surface area contributed by atoms with E-state index in [1.807, 2.05) is 17.3 Å². The first-order valence-electron chi connectivity index (χ1n) is 7.18. The van der Waals surface area contributed by atoms with Crippen LogP contribution in [-0.2, 0) is 11.3 Å². The van der Waals surface area contributed by atoms with Gasteiger partial charge in [0.15, 0.2) is 0 Å². The fourth-order valence-corrected chi connectivity index (χ4v) is 2.08. The van der Waals surface area contributed by atoms with Crippen molar-refractivity contribution in [1.82, 2.24) is 20.6 Å². The average Bonchev–Trinajstić information content (AvgIpc) is 2.64. The Hall–Kier alpha value is -1.69. The van der Waals surface area contributed by atoms with E-state index in [9.17, 15) is 4.79 Å². The van der Waals surface area contributed by atoms with Gasteiger partial charge in [0.1, 0.15) is 0 Å². The van der Waals surface area contributed by atoms with E-state index in [4.69, 9.17) is 0 Å². The predicted octanol–water partition coefficient (Wildman–Crippen LogP) is 0.549. The van der Waals surface area contributed by atoms with Gasteiger partial charge in [0, 0.05) is 37.6 Å². The van der Waals surface area contributed by atoms with Crippen molar-refractivity contribution in [3.63, 3.8) is 0 Å². The molecule has 2 heterocycles. The Kier molecular flexibility index (Phi) is 5.29. The molecule has 0 saturated carbocycles. The monoisotopic (exact) mass is 277 g/mol. The largest absolute Gasteiger partial charge is 0.354 e. The summed E-state index contributed by atoms with van der Waals surface area (Å²) >= 11 is 0. The molecule has 2 N–H and O–H groups in total. The van der Waals surface area contributed by atoms with Crippen LogP contribution in [0.15, 0.2) is 12.4 Å². The molecular formula is C14H23N5O. The number of carbonyl (C=O) groups excluding carboxylic acids is 1. The van der Waals surface area contributed by atoms with Gasteiger partial charge < -0.3 is 15.5 Å². The quantitative estimate of drug-likeness (QED) is 0.822. The van der Waals surface area contributed by atoms with Gasteiger partial charge in [0.25, 0.3) is 0 Å². The second kappa shape index (κ2) is 7.19. The Morgan fingerprint density at radius 1 is 1.40 bits per heavy atom. The lowest BCUT2D eigenvalue weighted by atomic mass is 10.2. The molecule has 1 saturated heterocycles. The van der Waals surface area contributed by atoms with Crippen molar-refractivity contribution in [3.8, 4) is 0 Å². The number of nitrogens with zero attached hydrogens (tertiary/aromatic N) is 3. The SMILES string of the molecule is CC(C)CNCc1cnc(N2CCCNC(=O)C2)nc1. The number of nitrogens with one attached hydrogen (secondary N) is 2. The summed E-state index contributed by atoms with van der Waals surface area (Å²) in [6, 6.07) is 0. The molecule has 2 rings (SSSR count). The van der Waals surface area contributed by atoms with Gasteiger partial charge in [-0.25, -0.2) is 9.97 Å². The topological polar surface area (TPSA) is 70.2 Å². The lowest BCUT2D eigenvalue weighted by Crippen LogP contribution is -2.34. The summed E-state index contributed by atoms with van der Waals surface area (Å²) in [5, 5.41) is 6.21. The Morgan fingerprint density at radius 3 is 2.85 bits per heavy atom. The minimum absolute atomic E-state index is 0.0359. The normalized spacial score (nSPS) is 16.1. The number of rotatable bonds is 5. The van der Waals surface area contributed by atoms with E-state index in [0.717, 1.165) is 38.2 Å². The maximum atomic E-state index is 11.5. The van der Waals surface area contributed by atoms with Crippen molar-refractivity contribution < 1.29 is 4.79 Å². The number of aromatic nitrogens is 2. The van der Waals surface area contributed by atoms with Crippen molar-refractivity contribution in [2.24, 2.45) is 5.92 Å². The van der Waals surface area contributed by atoms with Crippen LogP contribution in [0.5, 0.6) is 0 Å². The van der Waals surface area contributed by atoms with Crippen LogP contribution in [0.1, 0.15) is 25.8 Å². The molecule has 20 heavy (non-hydrogen) atoms. The highest BCUT2D eigenvalue weighted by Crippen LogP contribution is 2.09. The number of anilines is 1. The second-order valence-corrected chi connectivity index (χ2v) is 5.54. The molecule has 1 aromatic rings. The molecule has 0 aromatic carbocycles. The minimum atomic E-state index is 0.0359. The zero-order chi connectivity index (χ0) is 14.4. The molecule has 0 unspecified atom stereocenters.